The van der Waals surface area contributed by atoms with Gasteiger partial charge in [0.1, 0.15) is 11.4 Å². The molecule has 2 aromatic carbocycles. The quantitative estimate of drug-likeness (QED) is 0.755. The number of carboxylic acid groups (broad SMARTS) is 1. The molecule has 0 bridgehead atoms. The molecule has 1 N–H and O–H groups in total. The molecule has 0 saturated heterocycles. The molecule has 126 valence electrons. The van der Waals surface area contributed by atoms with E-state index in [1.165, 1.54) is 0 Å². The van der Waals surface area contributed by atoms with E-state index in [-0.39, 0.29) is 12.2 Å². The summed E-state index contributed by atoms with van der Waals surface area (Å²) in [5.74, 6) is -0.396. The molecule has 0 unspecified atom stereocenters. The lowest BCUT2D eigenvalue weighted by atomic mass is 10.0. The Kier molecular flexibility index (Phi) is 5.62. The summed E-state index contributed by atoms with van der Waals surface area (Å²) < 4.78 is 5.67. The number of ketones is 1. The van der Waals surface area contributed by atoms with Crippen LogP contribution in [0.3, 0.4) is 0 Å². The van der Waals surface area contributed by atoms with Gasteiger partial charge in [-0.05, 0) is 55.8 Å². The van der Waals surface area contributed by atoms with Gasteiger partial charge in [0.05, 0.1) is 6.42 Å². The van der Waals surface area contributed by atoms with Crippen molar-refractivity contribution in [3.8, 4) is 5.75 Å². The molecule has 0 aliphatic carbocycles. The van der Waals surface area contributed by atoms with Gasteiger partial charge in [-0.1, -0.05) is 23.7 Å². The fourth-order valence-corrected chi connectivity index (χ4v) is 2.44. The normalized spacial score (nSPS) is 11.1. The summed E-state index contributed by atoms with van der Waals surface area (Å²) in [6.07, 6.45) is 0.187. The highest BCUT2D eigenvalue weighted by Gasteiger charge is 2.23. The SMILES string of the molecule is CC(C)(CC(=O)O)Oc1ccc(C(=O)Cc2ccc(Cl)cc2)cc1. The average molecular weight is 347 g/mol. The smallest absolute Gasteiger partial charge is 0.307 e. The van der Waals surface area contributed by atoms with Gasteiger partial charge in [0.15, 0.2) is 5.78 Å². The van der Waals surface area contributed by atoms with E-state index in [9.17, 15) is 9.59 Å². The molecule has 4 nitrogen and oxygen atoms in total. The first-order chi connectivity index (χ1) is 11.2. The number of hydrogen-bond acceptors (Lipinski definition) is 3. The Hall–Kier alpha value is -2.33. The van der Waals surface area contributed by atoms with Crippen molar-refractivity contribution in [3.63, 3.8) is 0 Å². The second kappa shape index (κ2) is 7.49. The van der Waals surface area contributed by atoms with Crippen molar-refractivity contribution >= 4 is 23.4 Å². The Morgan fingerprint density at radius 3 is 2.17 bits per heavy atom. The maximum atomic E-state index is 12.3. The lowest BCUT2D eigenvalue weighted by Crippen LogP contribution is -2.31. The predicted octanol–water partition coefficient (Wildman–Crippen LogP) is 4.40. The molecule has 0 fully saturated rings. The fraction of sp³-hybridized carbons (Fsp3) is 0.263. The number of carbonyl (C=O) groups is 2. The molecule has 0 aromatic heterocycles. The van der Waals surface area contributed by atoms with Gasteiger partial charge in [0, 0.05) is 17.0 Å². The largest absolute Gasteiger partial charge is 0.487 e. The summed E-state index contributed by atoms with van der Waals surface area (Å²) in [5.41, 5.74) is 0.654. The number of halogens is 1. The van der Waals surface area contributed by atoms with Crippen LogP contribution in [0.4, 0.5) is 0 Å². The molecule has 2 aromatic rings. The zero-order chi connectivity index (χ0) is 17.7. The Morgan fingerprint density at radius 2 is 1.62 bits per heavy atom. The zero-order valence-corrected chi connectivity index (χ0v) is 14.3. The van der Waals surface area contributed by atoms with E-state index in [1.54, 1.807) is 50.2 Å². The lowest BCUT2D eigenvalue weighted by Gasteiger charge is -2.24. The van der Waals surface area contributed by atoms with E-state index in [1.807, 2.05) is 12.1 Å². The van der Waals surface area contributed by atoms with E-state index in [4.69, 9.17) is 21.4 Å². The third-order valence-electron chi connectivity index (χ3n) is 3.43. The van der Waals surface area contributed by atoms with E-state index in [2.05, 4.69) is 0 Å². The molecule has 0 saturated carbocycles. The van der Waals surface area contributed by atoms with Crippen LogP contribution >= 0.6 is 11.6 Å². The third-order valence-corrected chi connectivity index (χ3v) is 3.68. The molecule has 0 atom stereocenters. The van der Waals surface area contributed by atoms with Crippen LogP contribution in [0.1, 0.15) is 36.2 Å². The topological polar surface area (TPSA) is 63.6 Å². The summed E-state index contributed by atoms with van der Waals surface area (Å²) >= 11 is 5.83. The van der Waals surface area contributed by atoms with E-state index >= 15 is 0 Å². The Balaban J connectivity index is 2.02. The maximum Gasteiger partial charge on any atom is 0.307 e. The van der Waals surface area contributed by atoms with E-state index in [0.29, 0.717) is 22.8 Å². The second-order valence-corrected chi connectivity index (χ2v) is 6.62. The third kappa shape index (κ3) is 5.39. The summed E-state index contributed by atoms with van der Waals surface area (Å²) in [6, 6.07) is 13.9. The van der Waals surface area contributed by atoms with Crippen LogP contribution in [-0.4, -0.2) is 22.5 Å². The Morgan fingerprint density at radius 1 is 1.04 bits per heavy atom. The van der Waals surface area contributed by atoms with Crippen molar-refractivity contribution in [2.75, 3.05) is 0 Å². The van der Waals surface area contributed by atoms with Crippen LogP contribution in [0.5, 0.6) is 5.75 Å². The van der Waals surface area contributed by atoms with E-state index in [0.717, 1.165) is 5.56 Å². The van der Waals surface area contributed by atoms with Crippen molar-refractivity contribution in [1.29, 1.82) is 0 Å². The first kappa shape index (κ1) is 18.0. The highest BCUT2D eigenvalue weighted by atomic mass is 35.5. The van der Waals surface area contributed by atoms with Gasteiger partial charge in [0.2, 0.25) is 0 Å². The molecule has 5 heteroatoms. The molecule has 0 aliphatic rings. The first-order valence-electron chi connectivity index (χ1n) is 7.54. The summed E-state index contributed by atoms with van der Waals surface area (Å²) in [6.45, 7) is 3.42. The van der Waals surface area contributed by atoms with Crippen molar-refractivity contribution in [2.24, 2.45) is 0 Å². The van der Waals surface area contributed by atoms with Gasteiger partial charge >= 0.3 is 5.97 Å². The summed E-state index contributed by atoms with van der Waals surface area (Å²) in [5, 5.41) is 9.50. The van der Waals surface area contributed by atoms with Crippen molar-refractivity contribution in [2.45, 2.75) is 32.3 Å². The number of carbonyl (C=O) groups excluding carboxylic acids is 1. The minimum absolute atomic E-state index is 0.00586. The standard InChI is InChI=1S/C19H19ClO4/c1-19(2,12-18(22)23)24-16-9-5-14(6-10-16)17(21)11-13-3-7-15(20)8-4-13/h3-10H,11-12H2,1-2H3,(H,22,23). The van der Waals surface area contributed by atoms with Crippen LogP contribution in [-0.2, 0) is 11.2 Å². The molecule has 0 amide bonds. The molecule has 24 heavy (non-hydrogen) atoms. The van der Waals surface area contributed by atoms with Gasteiger partial charge in [-0.3, -0.25) is 9.59 Å². The number of hydrogen-bond donors (Lipinski definition) is 1. The second-order valence-electron chi connectivity index (χ2n) is 6.18. The number of benzene rings is 2. The lowest BCUT2D eigenvalue weighted by molar-refractivity contribution is -0.140. The number of aliphatic carboxylic acids is 1. The van der Waals surface area contributed by atoms with Crippen LogP contribution in [0.15, 0.2) is 48.5 Å². The summed E-state index contributed by atoms with van der Waals surface area (Å²) in [7, 11) is 0. The molecule has 0 spiro atoms. The molecular weight excluding hydrogens is 328 g/mol. The first-order valence-corrected chi connectivity index (χ1v) is 7.91. The minimum Gasteiger partial charge on any atom is -0.487 e. The highest BCUT2D eigenvalue weighted by Crippen LogP contribution is 2.22. The Labute approximate surface area is 146 Å². The number of rotatable bonds is 7. The van der Waals surface area contributed by atoms with Gasteiger partial charge in [-0.2, -0.15) is 0 Å². The van der Waals surface area contributed by atoms with Gasteiger partial charge in [-0.15, -0.1) is 0 Å². The van der Waals surface area contributed by atoms with Gasteiger partial charge in [0.25, 0.3) is 0 Å². The Bertz CT molecular complexity index is 718. The fourth-order valence-electron chi connectivity index (χ4n) is 2.32. The highest BCUT2D eigenvalue weighted by molar-refractivity contribution is 6.30. The molecular formula is C19H19ClO4. The number of ether oxygens (including phenoxy) is 1. The molecule has 0 aliphatic heterocycles. The number of Topliss-reactive ketones (excluding diaryl/α,β-unsaturated/α-hetero) is 1. The molecule has 0 heterocycles. The molecule has 0 radical (unpaired) electrons. The van der Waals surface area contributed by atoms with E-state index < -0.39 is 11.6 Å². The number of carboxylic acids is 1. The summed E-state index contributed by atoms with van der Waals surface area (Å²) in [4.78, 5) is 23.1. The van der Waals surface area contributed by atoms with Gasteiger partial charge < -0.3 is 9.84 Å². The van der Waals surface area contributed by atoms with Gasteiger partial charge in [-0.25, -0.2) is 0 Å². The van der Waals surface area contributed by atoms with Crippen LogP contribution < -0.4 is 4.74 Å². The van der Waals surface area contributed by atoms with Crippen LogP contribution in [0.2, 0.25) is 5.02 Å². The predicted molar refractivity (Wildman–Crippen MR) is 92.9 cm³/mol. The van der Waals surface area contributed by atoms with Crippen molar-refractivity contribution in [3.05, 3.63) is 64.7 Å². The molecule has 2 rings (SSSR count). The zero-order valence-electron chi connectivity index (χ0n) is 13.6. The van der Waals surface area contributed by atoms with Crippen molar-refractivity contribution in [1.82, 2.24) is 0 Å². The maximum absolute atomic E-state index is 12.3. The van der Waals surface area contributed by atoms with Crippen LogP contribution in [0.25, 0.3) is 0 Å². The van der Waals surface area contributed by atoms with Crippen molar-refractivity contribution < 1.29 is 19.4 Å². The minimum atomic E-state index is -0.922. The monoisotopic (exact) mass is 346 g/mol. The van der Waals surface area contributed by atoms with Crippen LogP contribution in [0, 0.1) is 0 Å². The average Bonchev–Trinajstić information content (AvgIpc) is 2.48.